The average molecular weight is 356 g/mol. The normalized spacial score (nSPS) is 13.1. The van der Waals surface area contributed by atoms with E-state index in [0.717, 1.165) is 0 Å². The largest absolute Gasteiger partial charge is 0.481 e. The number of nitrogens with zero attached hydrogens (tertiary/aromatic N) is 2. The van der Waals surface area contributed by atoms with E-state index in [0.29, 0.717) is 5.56 Å². The summed E-state index contributed by atoms with van der Waals surface area (Å²) in [6, 6.07) is 5.46. The topological polar surface area (TPSA) is 95.0 Å². The van der Waals surface area contributed by atoms with Crippen molar-refractivity contribution in [3.8, 4) is 0 Å². The van der Waals surface area contributed by atoms with Gasteiger partial charge in [-0.3, -0.25) is 9.59 Å². The molecule has 0 spiro atoms. The zero-order valence-electron chi connectivity index (χ0n) is 14.6. The zero-order chi connectivity index (χ0) is 18.7. The van der Waals surface area contributed by atoms with Gasteiger partial charge in [0.25, 0.3) is 5.91 Å². The van der Waals surface area contributed by atoms with E-state index in [-0.39, 0.29) is 23.4 Å². The number of carbonyl (C=O) groups is 2. The molecule has 24 heavy (non-hydrogen) atoms. The first-order valence-corrected chi connectivity index (χ1v) is 8.98. The second-order valence-electron chi connectivity index (χ2n) is 6.06. The van der Waals surface area contributed by atoms with Crippen LogP contribution in [0.15, 0.2) is 29.2 Å². The third-order valence-electron chi connectivity index (χ3n) is 3.82. The SMILES string of the molecule is CC(CN(C)C(=O)c1ccc(S(=O)(=O)N(C)C(C)C)cc1)C(=O)O. The van der Waals surface area contributed by atoms with Crippen molar-refractivity contribution in [2.24, 2.45) is 5.92 Å². The third kappa shape index (κ3) is 4.55. The van der Waals surface area contributed by atoms with E-state index in [4.69, 9.17) is 5.11 Å². The molecule has 0 saturated carbocycles. The first-order chi connectivity index (χ1) is 11.0. The van der Waals surface area contributed by atoms with Gasteiger partial charge >= 0.3 is 5.97 Å². The Bertz CT molecular complexity index is 698. The number of hydrogen-bond donors (Lipinski definition) is 1. The molecule has 0 saturated heterocycles. The van der Waals surface area contributed by atoms with Crippen LogP contribution < -0.4 is 0 Å². The average Bonchev–Trinajstić information content (AvgIpc) is 2.53. The summed E-state index contributed by atoms with van der Waals surface area (Å²) < 4.78 is 26.0. The first-order valence-electron chi connectivity index (χ1n) is 7.54. The molecule has 134 valence electrons. The van der Waals surface area contributed by atoms with Gasteiger partial charge in [0.05, 0.1) is 10.8 Å². The van der Waals surface area contributed by atoms with Crippen molar-refractivity contribution in [1.29, 1.82) is 0 Å². The lowest BCUT2D eigenvalue weighted by Crippen LogP contribution is -2.34. The Morgan fingerprint density at radius 2 is 1.58 bits per heavy atom. The molecule has 0 heterocycles. The van der Waals surface area contributed by atoms with Crippen molar-refractivity contribution < 1.29 is 23.1 Å². The Hall–Kier alpha value is -1.93. The molecule has 0 aliphatic heterocycles. The summed E-state index contributed by atoms with van der Waals surface area (Å²) in [5, 5.41) is 8.90. The quantitative estimate of drug-likeness (QED) is 0.799. The van der Waals surface area contributed by atoms with Crippen LogP contribution >= 0.6 is 0 Å². The smallest absolute Gasteiger partial charge is 0.308 e. The van der Waals surface area contributed by atoms with Crippen molar-refractivity contribution in [1.82, 2.24) is 9.21 Å². The maximum absolute atomic E-state index is 12.4. The summed E-state index contributed by atoms with van der Waals surface area (Å²) >= 11 is 0. The molecule has 1 unspecified atom stereocenters. The molecule has 1 amide bonds. The van der Waals surface area contributed by atoms with Crippen LogP contribution in [0.1, 0.15) is 31.1 Å². The molecule has 0 fully saturated rings. The van der Waals surface area contributed by atoms with E-state index in [1.165, 1.54) is 54.5 Å². The van der Waals surface area contributed by atoms with Gasteiger partial charge in [0, 0.05) is 32.2 Å². The van der Waals surface area contributed by atoms with Crippen LogP contribution in [-0.4, -0.2) is 61.3 Å². The number of amides is 1. The summed E-state index contributed by atoms with van der Waals surface area (Å²) in [5.74, 6) is -2.02. The van der Waals surface area contributed by atoms with Gasteiger partial charge in [0.2, 0.25) is 10.0 Å². The minimum atomic E-state index is -3.60. The predicted molar refractivity (Wildman–Crippen MR) is 90.3 cm³/mol. The van der Waals surface area contributed by atoms with Gasteiger partial charge in [-0.25, -0.2) is 8.42 Å². The predicted octanol–water partition coefficient (Wildman–Crippen LogP) is 1.51. The highest BCUT2D eigenvalue weighted by molar-refractivity contribution is 7.89. The fraction of sp³-hybridized carbons (Fsp3) is 0.500. The van der Waals surface area contributed by atoms with Crippen molar-refractivity contribution in [2.45, 2.75) is 31.7 Å². The van der Waals surface area contributed by atoms with Crippen LogP contribution in [0, 0.1) is 5.92 Å². The number of carboxylic acids is 1. The molecule has 7 nitrogen and oxygen atoms in total. The Morgan fingerprint density at radius 3 is 2.00 bits per heavy atom. The van der Waals surface area contributed by atoms with Gasteiger partial charge in [-0.2, -0.15) is 4.31 Å². The lowest BCUT2D eigenvalue weighted by Gasteiger charge is -2.22. The van der Waals surface area contributed by atoms with Crippen molar-refractivity contribution in [2.75, 3.05) is 20.6 Å². The fourth-order valence-electron chi connectivity index (χ4n) is 2.01. The number of hydrogen-bond acceptors (Lipinski definition) is 4. The van der Waals surface area contributed by atoms with Gasteiger partial charge < -0.3 is 10.0 Å². The number of aliphatic carboxylic acids is 1. The van der Waals surface area contributed by atoms with Crippen LogP contribution in [-0.2, 0) is 14.8 Å². The van der Waals surface area contributed by atoms with Gasteiger partial charge in [0.1, 0.15) is 0 Å². The van der Waals surface area contributed by atoms with E-state index in [1.54, 1.807) is 13.8 Å². The molecular weight excluding hydrogens is 332 g/mol. The number of sulfonamides is 1. The van der Waals surface area contributed by atoms with Crippen LogP contribution in [0.2, 0.25) is 0 Å². The summed E-state index contributed by atoms with van der Waals surface area (Å²) in [5.41, 5.74) is 0.307. The number of carboxylic acid groups (broad SMARTS) is 1. The highest BCUT2D eigenvalue weighted by Crippen LogP contribution is 2.18. The van der Waals surface area contributed by atoms with Crippen LogP contribution in [0.3, 0.4) is 0 Å². The Labute approximate surface area is 142 Å². The van der Waals surface area contributed by atoms with E-state index < -0.39 is 21.9 Å². The second kappa shape index (κ2) is 7.76. The van der Waals surface area contributed by atoms with Crippen molar-refractivity contribution in [3.05, 3.63) is 29.8 Å². The fourth-order valence-corrected chi connectivity index (χ4v) is 3.37. The molecule has 0 aliphatic carbocycles. The summed E-state index contributed by atoms with van der Waals surface area (Å²) in [7, 11) is -0.587. The molecule has 0 aliphatic rings. The highest BCUT2D eigenvalue weighted by Gasteiger charge is 2.24. The summed E-state index contributed by atoms with van der Waals surface area (Å²) in [6.45, 7) is 5.13. The molecule has 1 N–H and O–H groups in total. The Morgan fingerprint density at radius 1 is 1.08 bits per heavy atom. The molecule has 0 bridgehead atoms. The molecular formula is C16H24N2O5S. The van der Waals surface area contributed by atoms with E-state index in [1.807, 2.05) is 0 Å². The summed E-state index contributed by atoms with van der Waals surface area (Å²) in [6.07, 6.45) is 0. The van der Waals surface area contributed by atoms with Gasteiger partial charge in [-0.1, -0.05) is 6.92 Å². The maximum Gasteiger partial charge on any atom is 0.308 e. The molecule has 1 aromatic carbocycles. The molecule has 1 aromatic rings. The van der Waals surface area contributed by atoms with Gasteiger partial charge in [-0.15, -0.1) is 0 Å². The maximum atomic E-state index is 12.4. The van der Waals surface area contributed by atoms with Gasteiger partial charge in [0.15, 0.2) is 0 Å². The van der Waals surface area contributed by atoms with Crippen molar-refractivity contribution >= 4 is 21.9 Å². The minimum absolute atomic E-state index is 0.0737. The van der Waals surface area contributed by atoms with Crippen LogP contribution in [0.4, 0.5) is 0 Å². The van der Waals surface area contributed by atoms with Crippen molar-refractivity contribution in [3.63, 3.8) is 0 Å². The monoisotopic (exact) mass is 356 g/mol. The molecule has 0 radical (unpaired) electrons. The molecule has 1 atom stereocenters. The number of rotatable bonds is 7. The van der Waals surface area contributed by atoms with E-state index >= 15 is 0 Å². The van der Waals surface area contributed by atoms with Crippen LogP contribution in [0.5, 0.6) is 0 Å². The third-order valence-corrected chi connectivity index (χ3v) is 5.87. The van der Waals surface area contributed by atoms with E-state index in [2.05, 4.69) is 0 Å². The van der Waals surface area contributed by atoms with E-state index in [9.17, 15) is 18.0 Å². The number of benzene rings is 1. The van der Waals surface area contributed by atoms with Crippen LogP contribution in [0.25, 0.3) is 0 Å². The van der Waals surface area contributed by atoms with Gasteiger partial charge in [-0.05, 0) is 38.1 Å². The first kappa shape index (κ1) is 20.1. The Balaban J connectivity index is 2.95. The zero-order valence-corrected chi connectivity index (χ0v) is 15.4. The lowest BCUT2D eigenvalue weighted by molar-refractivity contribution is -0.141. The lowest BCUT2D eigenvalue weighted by atomic mass is 10.1. The molecule has 8 heteroatoms. The Kier molecular flexibility index (Phi) is 6.50. The standard InChI is InChI=1S/C16H24N2O5S/c1-11(2)18(5)24(22,23)14-8-6-13(7-9-14)15(19)17(4)10-12(3)16(20)21/h6-9,11-12H,10H2,1-5H3,(H,20,21). The summed E-state index contributed by atoms with van der Waals surface area (Å²) in [4.78, 5) is 24.6. The highest BCUT2D eigenvalue weighted by atomic mass is 32.2. The number of carbonyl (C=O) groups excluding carboxylic acids is 1. The second-order valence-corrected chi connectivity index (χ2v) is 8.06. The molecule has 1 rings (SSSR count). The minimum Gasteiger partial charge on any atom is -0.481 e. The molecule has 0 aromatic heterocycles.